The van der Waals surface area contributed by atoms with Crippen LogP contribution in [0.15, 0.2) is 77.7 Å². The van der Waals surface area contributed by atoms with Gasteiger partial charge in [-0.15, -0.1) is 0 Å². The van der Waals surface area contributed by atoms with Crippen molar-refractivity contribution >= 4 is 10.0 Å². The van der Waals surface area contributed by atoms with Gasteiger partial charge in [-0.3, -0.25) is 4.90 Å². The van der Waals surface area contributed by atoms with Crippen LogP contribution < -0.4 is 0 Å². The van der Waals surface area contributed by atoms with E-state index >= 15 is 0 Å². The van der Waals surface area contributed by atoms with Gasteiger partial charge in [0.2, 0.25) is 10.0 Å². The second kappa shape index (κ2) is 9.86. The van der Waals surface area contributed by atoms with Crippen molar-refractivity contribution in [3.8, 4) is 11.1 Å². The van der Waals surface area contributed by atoms with Crippen molar-refractivity contribution in [3.05, 3.63) is 89.5 Å². The maximum absolute atomic E-state index is 13.6. The molecule has 0 aromatic heterocycles. The van der Waals surface area contributed by atoms with Crippen molar-refractivity contribution in [3.63, 3.8) is 0 Å². The maximum Gasteiger partial charge on any atom is 0.243 e. The normalized spacial score (nSPS) is 23.7. The van der Waals surface area contributed by atoms with Crippen LogP contribution in [0.1, 0.15) is 35.4 Å². The van der Waals surface area contributed by atoms with Crippen molar-refractivity contribution in [1.82, 2.24) is 9.21 Å². The van der Waals surface area contributed by atoms with E-state index in [-0.39, 0.29) is 24.6 Å². The zero-order chi connectivity index (χ0) is 24.6. The molecule has 5 rings (SSSR count). The molecule has 1 N–H and O–H groups in total. The summed E-state index contributed by atoms with van der Waals surface area (Å²) >= 11 is 0. The lowest BCUT2D eigenvalue weighted by Crippen LogP contribution is -2.67. The van der Waals surface area contributed by atoms with Gasteiger partial charge in [-0.25, -0.2) is 8.42 Å². The van der Waals surface area contributed by atoms with Crippen LogP contribution in [0.4, 0.5) is 0 Å². The van der Waals surface area contributed by atoms with Crippen LogP contribution in [0.25, 0.3) is 11.1 Å². The lowest BCUT2D eigenvalue weighted by molar-refractivity contribution is -0.0553. The van der Waals surface area contributed by atoms with Gasteiger partial charge in [0, 0.05) is 31.1 Å². The number of aliphatic hydroxyl groups excluding tert-OH is 1. The Balaban J connectivity index is 1.43. The maximum atomic E-state index is 13.6. The highest BCUT2D eigenvalue weighted by Gasteiger charge is 2.50. The minimum absolute atomic E-state index is 0.0199. The van der Waals surface area contributed by atoms with Crippen LogP contribution in [0.2, 0.25) is 0 Å². The minimum atomic E-state index is -3.58. The van der Waals surface area contributed by atoms with Crippen molar-refractivity contribution in [2.75, 3.05) is 26.2 Å². The second-order valence-electron chi connectivity index (χ2n) is 9.96. The van der Waals surface area contributed by atoms with E-state index in [1.807, 2.05) is 19.1 Å². The molecule has 2 heterocycles. The fourth-order valence-electron chi connectivity index (χ4n) is 5.77. The molecular weight excluding hydrogens is 456 g/mol. The van der Waals surface area contributed by atoms with E-state index in [4.69, 9.17) is 0 Å². The second-order valence-corrected chi connectivity index (χ2v) is 11.9. The van der Waals surface area contributed by atoms with E-state index in [0.717, 1.165) is 36.1 Å². The predicted octanol–water partition coefficient (Wildman–Crippen LogP) is 4.58. The lowest BCUT2D eigenvalue weighted by atomic mass is 9.74. The topological polar surface area (TPSA) is 60.9 Å². The molecule has 184 valence electrons. The van der Waals surface area contributed by atoms with Crippen LogP contribution in [0.5, 0.6) is 0 Å². The summed E-state index contributed by atoms with van der Waals surface area (Å²) in [4.78, 5) is 2.68. The lowest BCUT2D eigenvalue weighted by Gasteiger charge is -2.57. The highest BCUT2D eigenvalue weighted by atomic mass is 32.2. The monoisotopic (exact) mass is 490 g/mol. The average molecular weight is 491 g/mol. The highest BCUT2D eigenvalue weighted by molar-refractivity contribution is 7.89. The molecule has 5 nitrogen and oxygen atoms in total. The fourth-order valence-corrected chi connectivity index (χ4v) is 7.38. The van der Waals surface area contributed by atoms with Crippen LogP contribution >= 0.6 is 0 Å². The van der Waals surface area contributed by atoms with Gasteiger partial charge < -0.3 is 5.11 Å². The summed E-state index contributed by atoms with van der Waals surface area (Å²) < 4.78 is 28.8. The Labute approximate surface area is 209 Å². The molecule has 0 unspecified atom stereocenters. The Hall–Kier alpha value is -2.51. The molecule has 0 aliphatic carbocycles. The molecule has 0 radical (unpaired) electrons. The van der Waals surface area contributed by atoms with Crippen molar-refractivity contribution in [1.29, 1.82) is 0 Å². The van der Waals surface area contributed by atoms with Crippen molar-refractivity contribution in [2.45, 2.75) is 49.6 Å². The number of sulfonamides is 1. The van der Waals surface area contributed by atoms with Gasteiger partial charge in [0.15, 0.2) is 0 Å². The van der Waals surface area contributed by atoms with Gasteiger partial charge in [0.05, 0.1) is 11.5 Å². The molecule has 0 amide bonds. The summed E-state index contributed by atoms with van der Waals surface area (Å²) in [6.45, 7) is 5.96. The highest BCUT2D eigenvalue weighted by Crippen LogP contribution is 2.43. The Morgan fingerprint density at radius 3 is 2.23 bits per heavy atom. The van der Waals surface area contributed by atoms with Gasteiger partial charge in [-0.2, -0.15) is 4.31 Å². The molecule has 2 saturated heterocycles. The van der Waals surface area contributed by atoms with Gasteiger partial charge >= 0.3 is 0 Å². The number of benzene rings is 3. The number of rotatable bonds is 5. The summed E-state index contributed by atoms with van der Waals surface area (Å²) in [5.41, 5.74) is 5.68. The summed E-state index contributed by atoms with van der Waals surface area (Å²) in [6, 6.07) is 24.3. The van der Waals surface area contributed by atoms with Gasteiger partial charge in [0.1, 0.15) is 0 Å². The Morgan fingerprint density at radius 2 is 1.54 bits per heavy atom. The summed E-state index contributed by atoms with van der Waals surface area (Å²) in [7, 11) is -3.58. The molecule has 3 aromatic rings. The summed E-state index contributed by atoms with van der Waals surface area (Å²) in [6.07, 6.45) is 1.74. The standard InChI is InChI=1S/C29H34N2O3S/c1-21-7-5-9-25(17-21)23-11-13-24(14-12-23)29-27-19-30(15-3-4-16-31(27)28(29)20-32)35(33,34)26-10-6-8-22(2)18-26/h5-14,17-18,27-29,32H,3-4,15-16,19-20H2,1-2H3/t27-,28+,29+/m1/s1. The smallest absolute Gasteiger partial charge is 0.243 e. The molecular formula is C29H34N2O3S. The third-order valence-corrected chi connectivity index (χ3v) is 9.47. The molecule has 0 saturated carbocycles. The summed E-state index contributed by atoms with van der Waals surface area (Å²) in [5, 5.41) is 10.2. The van der Waals surface area contributed by atoms with E-state index in [9.17, 15) is 13.5 Å². The van der Waals surface area contributed by atoms with E-state index in [1.165, 1.54) is 11.1 Å². The van der Waals surface area contributed by atoms with E-state index in [1.54, 1.807) is 16.4 Å². The molecule has 2 aliphatic rings. The van der Waals surface area contributed by atoms with Gasteiger partial charge in [-0.1, -0.05) is 66.2 Å². The first-order valence-corrected chi connectivity index (χ1v) is 13.9. The summed E-state index contributed by atoms with van der Waals surface area (Å²) in [5.74, 6) is 0.0971. The number of hydrogen-bond acceptors (Lipinski definition) is 4. The quantitative estimate of drug-likeness (QED) is 0.569. The van der Waals surface area contributed by atoms with E-state index in [0.29, 0.717) is 18.0 Å². The zero-order valence-corrected chi connectivity index (χ0v) is 21.3. The number of aryl methyl sites for hydroxylation is 2. The number of hydrogen-bond donors (Lipinski definition) is 1. The molecule has 35 heavy (non-hydrogen) atoms. The number of nitrogens with zero attached hydrogens (tertiary/aromatic N) is 2. The minimum Gasteiger partial charge on any atom is -0.395 e. The first-order chi connectivity index (χ1) is 16.9. The zero-order valence-electron chi connectivity index (χ0n) is 20.5. The van der Waals surface area contributed by atoms with Gasteiger partial charge in [-0.05, 0) is 67.6 Å². The van der Waals surface area contributed by atoms with Crippen LogP contribution in [-0.4, -0.2) is 61.1 Å². The number of fused-ring (bicyclic) bond motifs is 1. The van der Waals surface area contributed by atoms with E-state index in [2.05, 4.69) is 60.4 Å². The molecule has 3 aromatic carbocycles. The third kappa shape index (κ3) is 4.68. The average Bonchev–Trinajstić information content (AvgIpc) is 2.83. The molecule has 3 atom stereocenters. The molecule has 0 spiro atoms. The first kappa shape index (κ1) is 24.2. The van der Waals surface area contributed by atoms with Crippen LogP contribution in [-0.2, 0) is 10.0 Å². The molecule has 0 bridgehead atoms. The van der Waals surface area contributed by atoms with Crippen molar-refractivity contribution in [2.24, 2.45) is 0 Å². The predicted molar refractivity (Wildman–Crippen MR) is 140 cm³/mol. The fraction of sp³-hybridized carbons (Fsp3) is 0.379. The van der Waals surface area contributed by atoms with Crippen molar-refractivity contribution < 1.29 is 13.5 Å². The molecule has 6 heteroatoms. The first-order valence-electron chi connectivity index (χ1n) is 12.5. The third-order valence-electron chi connectivity index (χ3n) is 7.61. The SMILES string of the molecule is Cc1cccc(-c2ccc([C@H]3[C@H]4CN(S(=O)(=O)c5cccc(C)c5)CCCCN4[C@H]3CO)cc2)c1. The largest absolute Gasteiger partial charge is 0.395 e. The van der Waals surface area contributed by atoms with Gasteiger partial charge in [0.25, 0.3) is 0 Å². The van der Waals surface area contributed by atoms with Crippen LogP contribution in [0.3, 0.4) is 0 Å². The number of aliphatic hydroxyl groups is 1. The Morgan fingerprint density at radius 1 is 0.857 bits per heavy atom. The Kier molecular flexibility index (Phi) is 6.82. The molecule has 2 aliphatic heterocycles. The van der Waals surface area contributed by atoms with Crippen LogP contribution in [0, 0.1) is 13.8 Å². The Bertz CT molecular complexity index is 1290. The van der Waals surface area contributed by atoms with E-state index < -0.39 is 10.0 Å². The molecule has 2 fully saturated rings.